The molecule has 0 spiro atoms. The molecule has 24 heavy (non-hydrogen) atoms. The summed E-state index contributed by atoms with van der Waals surface area (Å²) < 4.78 is 8.51. The van der Waals surface area contributed by atoms with E-state index in [4.69, 9.17) is 4.84 Å². The summed E-state index contributed by atoms with van der Waals surface area (Å²) in [5, 5.41) is 1.73. The van der Waals surface area contributed by atoms with E-state index in [9.17, 15) is 4.79 Å². The summed E-state index contributed by atoms with van der Waals surface area (Å²) in [5.41, 5.74) is 3.56. The van der Waals surface area contributed by atoms with E-state index in [-0.39, 0.29) is 5.97 Å². The molecule has 0 aliphatic carbocycles. The molecule has 122 valence electrons. The molecule has 0 amide bonds. The maximum absolute atomic E-state index is 12.1. The Morgan fingerprint density at radius 2 is 1.71 bits per heavy atom. The van der Waals surface area contributed by atoms with E-state index in [1.54, 1.807) is 17.2 Å². The van der Waals surface area contributed by atoms with Crippen molar-refractivity contribution in [2.24, 2.45) is 0 Å². The summed E-state index contributed by atoms with van der Waals surface area (Å²) in [6.07, 6.45) is 0. The number of hydroxylamine groups is 2. The van der Waals surface area contributed by atoms with Gasteiger partial charge in [-0.2, -0.15) is 8.75 Å². The molecule has 1 fully saturated rings. The fourth-order valence-corrected chi connectivity index (χ4v) is 3.27. The first-order valence-corrected chi connectivity index (χ1v) is 8.52. The number of hydrogen-bond donors (Lipinski definition) is 0. The zero-order valence-corrected chi connectivity index (χ0v) is 13.8. The van der Waals surface area contributed by atoms with E-state index in [0.717, 1.165) is 29.8 Å². The molecule has 1 aliphatic heterocycles. The molecule has 1 aliphatic rings. The maximum Gasteiger partial charge on any atom is 0.357 e. The zero-order valence-electron chi connectivity index (χ0n) is 13.0. The molecule has 3 aromatic rings. The highest BCUT2D eigenvalue weighted by atomic mass is 32.1. The summed E-state index contributed by atoms with van der Waals surface area (Å²) in [5.74, 6) is -0.306. The molecular weight excluding hydrogens is 324 g/mol. The Morgan fingerprint density at radius 3 is 2.50 bits per heavy atom. The van der Waals surface area contributed by atoms with Gasteiger partial charge in [0.15, 0.2) is 0 Å². The molecular formula is C17H16N4O2S. The van der Waals surface area contributed by atoms with Gasteiger partial charge in [-0.25, -0.2) is 4.79 Å². The highest BCUT2D eigenvalue weighted by Gasteiger charge is 2.21. The number of piperazine rings is 1. The maximum atomic E-state index is 12.1. The highest BCUT2D eigenvalue weighted by molar-refractivity contribution is 7.00. The SMILES string of the molecule is O=C(ON1CCN(c2ccc3nsnc3c2)CC1)c1ccccc1. The fourth-order valence-electron chi connectivity index (χ4n) is 2.75. The van der Waals surface area contributed by atoms with E-state index >= 15 is 0 Å². The van der Waals surface area contributed by atoms with Gasteiger partial charge in [0.2, 0.25) is 0 Å². The first-order valence-electron chi connectivity index (χ1n) is 7.79. The van der Waals surface area contributed by atoms with E-state index in [1.807, 2.05) is 24.3 Å². The third-order valence-corrected chi connectivity index (χ3v) is 4.62. The Kier molecular flexibility index (Phi) is 4.10. The molecule has 4 rings (SSSR count). The fraction of sp³-hybridized carbons (Fsp3) is 0.235. The smallest absolute Gasteiger partial charge is 0.357 e. The van der Waals surface area contributed by atoms with Crippen molar-refractivity contribution in [1.29, 1.82) is 0 Å². The summed E-state index contributed by atoms with van der Waals surface area (Å²) in [4.78, 5) is 19.8. The predicted molar refractivity (Wildman–Crippen MR) is 93.1 cm³/mol. The van der Waals surface area contributed by atoms with Crippen LogP contribution in [0.25, 0.3) is 11.0 Å². The highest BCUT2D eigenvalue weighted by Crippen LogP contribution is 2.22. The lowest BCUT2D eigenvalue weighted by Crippen LogP contribution is -2.47. The molecule has 1 aromatic heterocycles. The number of hydrogen-bond acceptors (Lipinski definition) is 7. The molecule has 0 bridgehead atoms. The van der Waals surface area contributed by atoms with E-state index < -0.39 is 0 Å². The van der Waals surface area contributed by atoms with Crippen molar-refractivity contribution < 1.29 is 9.63 Å². The molecule has 0 N–H and O–H groups in total. The van der Waals surface area contributed by atoms with Gasteiger partial charge in [0.1, 0.15) is 11.0 Å². The third kappa shape index (κ3) is 3.08. The molecule has 2 heterocycles. The third-order valence-electron chi connectivity index (χ3n) is 4.06. The molecule has 0 unspecified atom stereocenters. The Hall–Kier alpha value is -2.51. The van der Waals surface area contributed by atoms with Crippen LogP contribution in [-0.4, -0.2) is 46.0 Å². The summed E-state index contributed by atoms with van der Waals surface area (Å²) in [7, 11) is 0. The van der Waals surface area contributed by atoms with Crippen LogP contribution < -0.4 is 4.90 Å². The number of anilines is 1. The van der Waals surface area contributed by atoms with Crippen LogP contribution in [-0.2, 0) is 4.84 Å². The predicted octanol–water partition coefficient (Wildman–Crippen LogP) is 2.59. The van der Waals surface area contributed by atoms with Gasteiger partial charge in [-0.1, -0.05) is 18.2 Å². The van der Waals surface area contributed by atoms with Gasteiger partial charge in [0.05, 0.1) is 30.4 Å². The molecule has 0 atom stereocenters. The number of aromatic nitrogens is 2. The number of carbonyl (C=O) groups excluding carboxylic acids is 1. The number of rotatable bonds is 3. The van der Waals surface area contributed by atoms with E-state index in [1.165, 1.54) is 11.7 Å². The zero-order chi connectivity index (χ0) is 16.4. The quantitative estimate of drug-likeness (QED) is 0.730. The van der Waals surface area contributed by atoms with Crippen LogP contribution in [0.4, 0.5) is 5.69 Å². The minimum absolute atomic E-state index is 0.306. The van der Waals surface area contributed by atoms with Crippen LogP contribution in [0.5, 0.6) is 0 Å². The van der Waals surface area contributed by atoms with Gasteiger partial charge in [-0.15, -0.1) is 5.06 Å². The molecule has 0 radical (unpaired) electrons. The monoisotopic (exact) mass is 340 g/mol. The topological polar surface area (TPSA) is 58.6 Å². The van der Waals surface area contributed by atoms with Crippen LogP contribution in [0, 0.1) is 0 Å². The standard InChI is InChI=1S/C17H16N4O2S/c22-17(13-4-2-1-3-5-13)23-21-10-8-20(9-11-21)14-6-7-15-16(12-14)19-24-18-15/h1-7,12H,8-11H2. The first kappa shape index (κ1) is 15.0. The Labute approximate surface area is 143 Å². The van der Waals surface area contributed by atoms with Crippen molar-refractivity contribution in [3.63, 3.8) is 0 Å². The minimum Gasteiger partial charge on any atom is -0.369 e. The lowest BCUT2D eigenvalue weighted by molar-refractivity contribution is -0.112. The van der Waals surface area contributed by atoms with Crippen LogP contribution in [0.1, 0.15) is 10.4 Å². The van der Waals surface area contributed by atoms with Crippen molar-refractivity contribution in [1.82, 2.24) is 13.8 Å². The largest absolute Gasteiger partial charge is 0.369 e. The van der Waals surface area contributed by atoms with Crippen molar-refractivity contribution in [3.05, 3.63) is 54.1 Å². The van der Waals surface area contributed by atoms with Crippen LogP contribution in [0.15, 0.2) is 48.5 Å². The van der Waals surface area contributed by atoms with Gasteiger partial charge in [-0.05, 0) is 30.3 Å². The number of benzene rings is 2. The molecule has 6 nitrogen and oxygen atoms in total. The van der Waals surface area contributed by atoms with Crippen molar-refractivity contribution in [3.8, 4) is 0 Å². The van der Waals surface area contributed by atoms with E-state index in [0.29, 0.717) is 18.7 Å². The molecule has 2 aromatic carbocycles. The van der Waals surface area contributed by atoms with Crippen LogP contribution >= 0.6 is 11.7 Å². The second-order valence-corrected chi connectivity index (χ2v) is 6.13. The van der Waals surface area contributed by atoms with Crippen LogP contribution in [0.3, 0.4) is 0 Å². The summed E-state index contributed by atoms with van der Waals surface area (Å²) in [6, 6.07) is 15.2. The second kappa shape index (κ2) is 6.54. The lowest BCUT2D eigenvalue weighted by Gasteiger charge is -2.34. The average molecular weight is 340 g/mol. The van der Waals surface area contributed by atoms with Crippen molar-refractivity contribution in [2.75, 3.05) is 31.1 Å². The normalized spacial score (nSPS) is 15.6. The second-order valence-electron chi connectivity index (χ2n) is 5.60. The lowest BCUT2D eigenvalue weighted by atomic mass is 10.2. The Balaban J connectivity index is 1.37. The summed E-state index contributed by atoms with van der Waals surface area (Å²) >= 11 is 1.23. The Morgan fingerprint density at radius 1 is 0.958 bits per heavy atom. The summed E-state index contributed by atoms with van der Waals surface area (Å²) in [6.45, 7) is 2.94. The van der Waals surface area contributed by atoms with Gasteiger partial charge in [-0.3, -0.25) is 0 Å². The van der Waals surface area contributed by atoms with Crippen molar-refractivity contribution >= 4 is 34.4 Å². The molecule has 0 saturated carbocycles. The number of fused-ring (bicyclic) bond motifs is 1. The van der Waals surface area contributed by atoms with Crippen molar-refractivity contribution in [2.45, 2.75) is 0 Å². The van der Waals surface area contributed by atoms with Gasteiger partial charge in [0.25, 0.3) is 0 Å². The van der Waals surface area contributed by atoms with Gasteiger partial charge >= 0.3 is 5.97 Å². The first-order chi connectivity index (χ1) is 11.8. The minimum atomic E-state index is -0.306. The van der Waals surface area contributed by atoms with E-state index in [2.05, 4.69) is 25.8 Å². The average Bonchev–Trinajstić information content (AvgIpc) is 3.11. The number of carbonyl (C=O) groups is 1. The molecule has 7 heteroatoms. The Bertz CT molecular complexity index is 844. The van der Waals surface area contributed by atoms with Gasteiger partial charge in [0, 0.05) is 18.8 Å². The molecule has 1 saturated heterocycles. The van der Waals surface area contributed by atoms with Crippen LogP contribution in [0.2, 0.25) is 0 Å². The van der Waals surface area contributed by atoms with Gasteiger partial charge < -0.3 is 9.74 Å². The number of nitrogens with zero attached hydrogens (tertiary/aromatic N) is 4.